The van der Waals surface area contributed by atoms with Gasteiger partial charge in [0.25, 0.3) is 0 Å². The van der Waals surface area contributed by atoms with E-state index >= 15 is 0 Å². The van der Waals surface area contributed by atoms with Crippen LogP contribution in [-0.4, -0.2) is 25.0 Å². The summed E-state index contributed by atoms with van der Waals surface area (Å²) in [6.07, 6.45) is 1.18. The molecule has 1 fully saturated rings. The highest BCUT2D eigenvalue weighted by Gasteiger charge is 2.25. The first-order chi connectivity index (χ1) is 7.16. The zero-order chi connectivity index (χ0) is 10.8. The van der Waals surface area contributed by atoms with E-state index in [2.05, 4.69) is 18.9 Å². The maximum Gasteiger partial charge on any atom is 0.123 e. The van der Waals surface area contributed by atoms with Crippen molar-refractivity contribution in [3.8, 4) is 0 Å². The molecule has 2 heteroatoms. The summed E-state index contributed by atoms with van der Waals surface area (Å²) in [4.78, 5) is 2.37. The number of hydrogen-bond donors (Lipinski definition) is 0. The molecule has 1 aliphatic rings. The molecule has 82 valence electrons. The second kappa shape index (κ2) is 4.31. The topological polar surface area (TPSA) is 3.24 Å². The van der Waals surface area contributed by atoms with Gasteiger partial charge in [0.2, 0.25) is 0 Å². The molecule has 1 heterocycles. The Bertz CT molecular complexity index is 320. The van der Waals surface area contributed by atoms with Crippen molar-refractivity contribution in [2.24, 2.45) is 5.92 Å². The highest BCUT2D eigenvalue weighted by Crippen LogP contribution is 2.32. The molecule has 1 aromatic carbocycles. The molecular formula is C13H18FN. The number of benzene rings is 1. The van der Waals surface area contributed by atoms with Crippen LogP contribution in [0.15, 0.2) is 24.3 Å². The summed E-state index contributed by atoms with van der Waals surface area (Å²) in [5.41, 5.74) is 1.29. The van der Waals surface area contributed by atoms with Crippen LogP contribution < -0.4 is 0 Å². The number of rotatable bonds is 1. The number of hydrogen-bond acceptors (Lipinski definition) is 1. The largest absolute Gasteiger partial charge is 0.306 e. The second-order valence-electron chi connectivity index (χ2n) is 4.69. The van der Waals surface area contributed by atoms with Crippen molar-refractivity contribution in [2.75, 3.05) is 20.1 Å². The third-order valence-corrected chi connectivity index (χ3v) is 3.41. The van der Waals surface area contributed by atoms with Gasteiger partial charge in [-0.3, -0.25) is 0 Å². The van der Waals surface area contributed by atoms with Crippen molar-refractivity contribution >= 4 is 0 Å². The van der Waals surface area contributed by atoms with Gasteiger partial charge >= 0.3 is 0 Å². The Morgan fingerprint density at radius 1 is 1.27 bits per heavy atom. The summed E-state index contributed by atoms with van der Waals surface area (Å²) in [7, 11) is 2.16. The molecule has 2 rings (SSSR count). The normalized spacial score (nSPS) is 27.9. The van der Waals surface area contributed by atoms with Crippen molar-refractivity contribution in [2.45, 2.75) is 19.3 Å². The van der Waals surface area contributed by atoms with E-state index in [1.165, 1.54) is 12.0 Å². The van der Waals surface area contributed by atoms with Crippen molar-refractivity contribution in [3.05, 3.63) is 35.6 Å². The molecular weight excluding hydrogens is 189 g/mol. The minimum Gasteiger partial charge on any atom is -0.306 e. The molecule has 1 saturated heterocycles. The molecule has 1 aliphatic heterocycles. The van der Waals surface area contributed by atoms with E-state index in [9.17, 15) is 4.39 Å². The molecule has 2 atom stereocenters. The first kappa shape index (κ1) is 10.6. The first-order valence-corrected chi connectivity index (χ1v) is 5.61. The average molecular weight is 207 g/mol. The van der Waals surface area contributed by atoms with E-state index in [-0.39, 0.29) is 5.82 Å². The van der Waals surface area contributed by atoms with Crippen LogP contribution in [0.2, 0.25) is 0 Å². The molecule has 1 nitrogen and oxygen atoms in total. The lowest BCUT2D eigenvalue weighted by Gasteiger charge is -2.35. The van der Waals surface area contributed by atoms with Crippen LogP contribution >= 0.6 is 0 Å². The zero-order valence-corrected chi connectivity index (χ0v) is 9.41. The highest BCUT2D eigenvalue weighted by atomic mass is 19.1. The monoisotopic (exact) mass is 207 g/mol. The molecule has 0 spiro atoms. The van der Waals surface area contributed by atoms with Crippen LogP contribution in [0.5, 0.6) is 0 Å². The predicted octanol–water partition coefficient (Wildman–Crippen LogP) is 2.88. The Labute approximate surface area is 90.9 Å². The van der Waals surface area contributed by atoms with Crippen molar-refractivity contribution in [1.82, 2.24) is 4.90 Å². The Morgan fingerprint density at radius 3 is 2.53 bits per heavy atom. The zero-order valence-electron chi connectivity index (χ0n) is 9.41. The van der Waals surface area contributed by atoms with E-state index in [0.717, 1.165) is 13.1 Å². The van der Waals surface area contributed by atoms with Gasteiger partial charge in [-0.1, -0.05) is 19.1 Å². The van der Waals surface area contributed by atoms with E-state index in [0.29, 0.717) is 11.8 Å². The van der Waals surface area contributed by atoms with Crippen LogP contribution in [0.4, 0.5) is 4.39 Å². The molecule has 0 radical (unpaired) electrons. The van der Waals surface area contributed by atoms with Crippen LogP contribution in [0.1, 0.15) is 24.8 Å². The van der Waals surface area contributed by atoms with Crippen LogP contribution in [-0.2, 0) is 0 Å². The van der Waals surface area contributed by atoms with Crippen molar-refractivity contribution in [3.63, 3.8) is 0 Å². The van der Waals surface area contributed by atoms with Gasteiger partial charge in [0, 0.05) is 6.54 Å². The second-order valence-corrected chi connectivity index (χ2v) is 4.69. The van der Waals surface area contributed by atoms with Gasteiger partial charge in [-0.05, 0) is 49.5 Å². The molecule has 0 aliphatic carbocycles. The van der Waals surface area contributed by atoms with Crippen LogP contribution in [0.25, 0.3) is 0 Å². The molecule has 0 aromatic heterocycles. The summed E-state index contributed by atoms with van der Waals surface area (Å²) in [5.74, 6) is 1.12. The summed E-state index contributed by atoms with van der Waals surface area (Å²) in [6, 6.07) is 7.00. The summed E-state index contributed by atoms with van der Waals surface area (Å²) in [6.45, 7) is 4.57. The summed E-state index contributed by atoms with van der Waals surface area (Å²) in [5, 5.41) is 0. The Hall–Kier alpha value is -0.890. The van der Waals surface area contributed by atoms with E-state index in [4.69, 9.17) is 0 Å². The molecule has 1 aromatic rings. The minimum atomic E-state index is -0.140. The fourth-order valence-electron chi connectivity index (χ4n) is 2.56. The molecule has 0 saturated carbocycles. The van der Waals surface area contributed by atoms with Gasteiger partial charge in [-0.25, -0.2) is 4.39 Å². The molecule has 0 N–H and O–H groups in total. The lowest BCUT2D eigenvalue weighted by molar-refractivity contribution is 0.195. The number of nitrogens with zero attached hydrogens (tertiary/aromatic N) is 1. The number of halogens is 1. The maximum atomic E-state index is 12.8. The average Bonchev–Trinajstić information content (AvgIpc) is 2.20. The maximum absolute atomic E-state index is 12.8. The van der Waals surface area contributed by atoms with Gasteiger partial charge in [0.05, 0.1) is 0 Å². The van der Waals surface area contributed by atoms with Gasteiger partial charge in [-0.15, -0.1) is 0 Å². The van der Waals surface area contributed by atoms with Crippen LogP contribution in [0, 0.1) is 11.7 Å². The number of likely N-dealkylation sites (tertiary alicyclic amines) is 1. The van der Waals surface area contributed by atoms with Crippen molar-refractivity contribution < 1.29 is 4.39 Å². The third kappa shape index (κ3) is 2.37. The van der Waals surface area contributed by atoms with Gasteiger partial charge in [0.15, 0.2) is 0 Å². The summed E-state index contributed by atoms with van der Waals surface area (Å²) < 4.78 is 12.8. The van der Waals surface area contributed by atoms with E-state index in [1.807, 2.05) is 12.1 Å². The van der Waals surface area contributed by atoms with Crippen LogP contribution in [0.3, 0.4) is 0 Å². The Kier molecular flexibility index (Phi) is 3.06. The number of piperidine rings is 1. The first-order valence-electron chi connectivity index (χ1n) is 5.61. The quantitative estimate of drug-likeness (QED) is 0.684. The van der Waals surface area contributed by atoms with E-state index < -0.39 is 0 Å². The molecule has 0 unspecified atom stereocenters. The standard InChI is InChI=1S/C13H18FN/c1-10-9-15(2)8-7-13(10)11-3-5-12(14)6-4-11/h3-6,10,13H,7-9H2,1-2H3/t10-,13-/m1/s1. The smallest absolute Gasteiger partial charge is 0.123 e. The highest BCUT2D eigenvalue weighted by molar-refractivity contribution is 5.21. The Morgan fingerprint density at radius 2 is 1.93 bits per heavy atom. The van der Waals surface area contributed by atoms with Gasteiger partial charge in [-0.2, -0.15) is 0 Å². The van der Waals surface area contributed by atoms with Crippen molar-refractivity contribution in [1.29, 1.82) is 0 Å². The lowest BCUT2D eigenvalue weighted by atomic mass is 9.82. The van der Waals surface area contributed by atoms with Gasteiger partial charge in [0.1, 0.15) is 5.82 Å². The third-order valence-electron chi connectivity index (χ3n) is 3.41. The SMILES string of the molecule is C[C@@H]1CN(C)CC[C@H]1c1ccc(F)cc1. The van der Waals surface area contributed by atoms with E-state index in [1.54, 1.807) is 12.1 Å². The molecule has 0 bridgehead atoms. The lowest BCUT2D eigenvalue weighted by Crippen LogP contribution is -2.35. The summed E-state index contributed by atoms with van der Waals surface area (Å²) >= 11 is 0. The molecule has 15 heavy (non-hydrogen) atoms. The Balaban J connectivity index is 2.13. The fraction of sp³-hybridized carbons (Fsp3) is 0.538. The minimum absolute atomic E-state index is 0.140. The fourth-order valence-corrected chi connectivity index (χ4v) is 2.56. The van der Waals surface area contributed by atoms with Gasteiger partial charge < -0.3 is 4.90 Å². The predicted molar refractivity (Wildman–Crippen MR) is 60.4 cm³/mol. The molecule has 0 amide bonds.